The van der Waals surface area contributed by atoms with Gasteiger partial charge in [-0.1, -0.05) is 24.6 Å². The third-order valence-corrected chi connectivity index (χ3v) is 2.57. The lowest BCUT2D eigenvalue weighted by Crippen LogP contribution is -2.13. The van der Waals surface area contributed by atoms with Gasteiger partial charge in [-0.3, -0.25) is 5.43 Å². The van der Waals surface area contributed by atoms with Gasteiger partial charge in [-0.25, -0.2) is 10.2 Å². The van der Waals surface area contributed by atoms with Crippen LogP contribution in [0.1, 0.15) is 13.3 Å². The highest BCUT2D eigenvalue weighted by Crippen LogP contribution is 2.27. The van der Waals surface area contributed by atoms with Gasteiger partial charge in [0.25, 0.3) is 0 Å². The van der Waals surface area contributed by atoms with Gasteiger partial charge in [-0.15, -0.1) is 4.98 Å². The maximum absolute atomic E-state index is 13.8. The second-order valence-corrected chi connectivity index (χ2v) is 4.28. The fraction of sp³-hybridized carbons (Fsp3) is 0.250. The number of aromatic nitrogens is 3. The Labute approximate surface area is 125 Å². The second kappa shape index (κ2) is 7.00. The monoisotopic (exact) mass is 313 g/mol. The van der Waals surface area contributed by atoms with Gasteiger partial charge in [0.2, 0.25) is 5.95 Å². The molecule has 21 heavy (non-hydrogen) atoms. The zero-order valence-electron chi connectivity index (χ0n) is 11.1. The first-order valence-electron chi connectivity index (χ1n) is 6.11. The largest absolute Gasteiger partial charge is 0.463 e. The van der Waals surface area contributed by atoms with Crippen molar-refractivity contribution in [2.75, 3.05) is 12.0 Å². The molecule has 0 aliphatic rings. The molecule has 0 saturated carbocycles. The number of ether oxygens (including phenoxy) is 2. The van der Waals surface area contributed by atoms with Gasteiger partial charge in [0, 0.05) is 0 Å². The Bertz CT molecular complexity index is 629. The average molecular weight is 314 g/mol. The summed E-state index contributed by atoms with van der Waals surface area (Å²) in [4.78, 5) is 11.7. The maximum Gasteiger partial charge on any atom is 0.330 e. The van der Waals surface area contributed by atoms with Crippen LogP contribution in [0, 0.1) is 5.82 Å². The number of nitrogens with zero attached hydrogens (tertiary/aromatic N) is 3. The summed E-state index contributed by atoms with van der Waals surface area (Å²) in [6, 6.07) is 4.20. The minimum Gasteiger partial charge on any atom is -0.463 e. The summed E-state index contributed by atoms with van der Waals surface area (Å²) in [6.45, 7) is 2.35. The van der Waals surface area contributed by atoms with Gasteiger partial charge in [-0.05, 0) is 18.6 Å². The number of hydrogen-bond acceptors (Lipinski definition) is 7. The molecule has 2 aromatic rings. The molecule has 0 aliphatic heterocycles. The highest BCUT2D eigenvalue weighted by Gasteiger charge is 2.13. The highest BCUT2D eigenvalue weighted by molar-refractivity contribution is 6.30. The van der Waals surface area contributed by atoms with Crippen LogP contribution in [-0.4, -0.2) is 21.6 Å². The normalized spacial score (nSPS) is 10.3. The van der Waals surface area contributed by atoms with E-state index in [0.717, 1.165) is 6.42 Å². The van der Waals surface area contributed by atoms with Crippen molar-refractivity contribution in [1.29, 1.82) is 0 Å². The lowest BCUT2D eigenvalue weighted by Gasteiger charge is -2.09. The van der Waals surface area contributed by atoms with Crippen molar-refractivity contribution >= 4 is 17.5 Å². The number of benzene rings is 1. The first-order valence-corrected chi connectivity index (χ1v) is 6.49. The first-order chi connectivity index (χ1) is 10.1. The Hall–Kier alpha value is -2.19. The van der Waals surface area contributed by atoms with Gasteiger partial charge in [0.1, 0.15) is 0 Å². The molecule has 0 fully saturated rings. The summed E-state index contributed by atoms with van der Waals surface area (Å²) < 4.78 is 24.3. The molecule has 0 unspecified atom stereocenters. The molecular weight excluding hydrogens is 301 g/mol. The predicted molar refractivity (Wildman–Crippen MR) is 74.9 cm³/mol. The van der Waals surface area contributed by atoms with Crippen molar-refractivity contribution in [3.63, 3.8) is 0 Å². The van der Waals surface area contributed by atoms with Crippen molar-refractivity contribution in [2.45, 2.75) is 13.3 Å². The summed E-state index contributed by atoms with van der Waals surface area (Å²) in [5.41, 5.74) is 2.25. The molecule has 1 aromatic heterocycles. The number of hydrazine groups is 1. The predicted octanol–water partition coefficient (Wildman–Crippen LogP) is 2.53. The van der Waals surface area contributed by atoms with Crippen molar-refractivity contribution in [3.8, 4) is 17.8 Å². The van der Waals surface area contributed by atoms with Gasteiger partial charge in [0.05, 0.1) is 11.6 Å². The van der Waals surface area contributed by atoms with Crippen molar-refractivity contribution in [2.24, 2.45) is 5.84 Å². The van der Waals surface area contributed by atoms with Crippen LogP contribution in [0.3, 0.4) is 0 Å². The van der Waals surface area contributed by atoms with Crippen LogP contribution in [0.15, 0.2) is 18.2 Å². The fourth-order valence-corrected chi connectivity index (χ4v) is 1.53. The van der Waals surface area contributed by atoms with Crippen LogP contribution in [0.25, 0.3) is 0 Å². The van der Waals surface area contributed by atoms with Crippen LogP contribution in [-0.2, 0) is 0 Å². The van der Waals surface area contributed by atoms with E-state index in [4.69, 9.17) is 26.9 Å². The molecule has 9 heteroatoms. The Balaban J connectivity index is 2.28. The van der Waals surface area contributed by atoms with E-state index in [1.165, 1.54) is 12.1 Å². The Morgan fingerprint density at radius 3 is 2.76 bits per heavy atom. The molecule has 0 atom stereocenters. The van der Waals surface area contributed by atoms with Gasteiger partial charge >= 0.3 is 12.0 Å². The molecule has 3 N–H and O–H groups in total. The van der Waals surface area contributed by atoms with Crippen LogP contribution in [0.4, 0.5) is 10.3 Å². The van der Waals surface area contributed by atoms with E-state index in [2.05, 4.69) is 20.4 Å². The molecule has 2 rings (SSSR count). The molecule has 0 saturated heterocycles. The molecule has 0 amide bonds. The number of nitrogens with two attached hydrogens (primary N) is 1. The van der Waals surface area contributed by atoms with E-state index in [-0.39, 0.29) is 28.7 Å². The fourth-order valence-electron chi connectivity index (χ4n) is 1.37. The minimum absolute atomic E-state index is 0.0252. The number of anilines is 1. The van der Waals surface area contributed by atoms with Crippen molar-refractivity contribution in [1.82, 2.24) is 15.0 Å². The number of hydrogen-bond donors (Lipinski definition) is 2. The Morgan fingerprint density at radius 2 is 2.05 bits per heavy atom. The van der Waals surface area contributed by atoms with E-state index >= 15 is 0 Å². The minimum atomic E-state index is -0.710. The van der Waals surface area contributed by atoms with Gasteiger partial charge < -0.3 is 9.47 Å². The molecule has 0 aliphatic carbocycles. The quantitative estimate of drug-likeness (QED) is 0.625. The topological polar surface area (TPSA) is 95.2 Å². The first kappa shape index (κ1) is 15.2. The molecule has 0 radical (unpaired) electrons. The number of rotatable bonds is 6. The van der Waals surface area contributed by atoms with Crippen LogP contribution in [0.2, 0.25) is 5.02 Å². The van der Waals surface area contributed by atoms with Crippen LogP contribution in [0.5, 0.6) is 17.8 Å². The molecule has 7 nitrogen and oxygen atoms in total. The number of nitrogens with one attached hydrogen (secondary N) is 1. The molecule has 0 spiro atoms. The lowest BCUT2D eigenvalue weighted by molar-refractivity contribution is 0.284. The summed E-state index contributed by atoms with van der Waals surface area (Å²) >= 11 is 5.67. The Morgan fingerprint density at radius 1 is 1.29 bits per heavy atom. The standard InChI is InChI=1S/C12H13ClFN5O2/c1-2-6-20-11-16-10(19-15)17-12(18-11)21-8-5-3-4-7(13)9(8)14/h3-5H,2,6,15H2,1H3,(H,16,17,18,19). The Kier molecular flexibility index (Phi) is 5.07. The van der Waals surface area contributed by atoms with Crippen molar-refractivity contribution in [3.05, 3.63) is 29.0 Å². The molecule has 1 aromatic carbocycles. The van der Waals surface area contributed by atoms with Gasteiger partial charge in [-0.2, -0.15) is 9.97 Å². The van der Waals surface area contributed by atoms with Crippen LogP contribution >= 0.6 is 11.6 Å². The zero-order valence-corrected chi connectivity index (χ0v) is 11.9. The number of halogens is 2. The molecule has 1 heterocycles. The van der Waals surface area contributed by atoms with E-state index in [1.807, 2.05) is 6.92 Å². The smallest absolute Gasteiger partial charge is 0.330 e. The van der Waals surface area contributed by atoms with Crippen molar-refractivity contribution < 1.29 is 13.9 Å². The average Bonchev–Trinajstić information content (AvgIpc) is 2.49. The highest BCUT2D eigenvalue weighted by atomic mass is 35.5. The maximum atomic E-state index is 13.8. The van der Waals surface area contributed by atoms with E-state index < -0.39 is 5.82 Å². The summed E-state index contributed by atoms with van der Waals surface area (Å²) in [6.07, 6.45) is 0.774. The third kappa shape index (κ3) is 3.89. The number of nitrogen functional groups attached to an aromatic ring is 1. The SMILES string of the molecule is CCCOc1nc(NN)nc(Oc2cccc(Cl)c2F)n1. The molecular formula is C12H13ClFN5O2. The lowest BCUT2D eigenvalue weighted by atomic mass is 10.3. The third-order valence-electron chi connectivity index (χ3n) is 2.28. The second-order valence-electron chi connectivity index (χ2n) is 3.87. The van der Waals surface area contributed by atoms with E-state index in [9.17, 15) is 4.39 Å². The zero-order chi connectivity index (χ0) is 15.2. The molecule has 112 valence electrons. The summed E-state index contributed by atoms with van der Waals surface area (Å²) in [7, 11) is 0. The van der Waals surface area contributed by atoms with Crippen LogP contribution < -0.4 is 20.7 Å². The van der Waals surface area contributed by atoms with Gasteiger partial charge in [0.15, 0.2) is 11.6 Å². The summed E-state index contributed by atoms with van der Waals surface area (Å²) in [5, 5.41) is -0.0683. The molecule has 0 bridgehead atoms. The van der Waals surface area contributed by atoms with E-state index in [0.29, 0.717) is 6.61 Å². The van der Waals surface area contributed by atoms with E-state index in [1.54, 1.807) is 6.07 Å². The summed E-state index contributed by atoms with van der Waals surface area (Å²) in [5.74, 6) is 4.47.